The number of aromatic nitrogens is 6. The molecule has 0 fully saturated rings. The first kappa shape index (κ1) is 17.1. The monoisotopic (exact) mass is 370 g/mol. The van der Waals surface area contributed by atoms with Gasteiger partial charge < -0.3 is 9.84 Å². The highest BCUT2D eigenvalue weighted by Gasteiger charge is 2.12. The predicted octanol–water partition coefficient (Wildman–Crippen LogP) is 3.20. The summed E-state index contributed by atoms with van der Waals surface area (Å²) < 4.78 is 5.43. The van der Waals surface area contributed by atoms with Gasteiger partial charge in [0.2, 0.25) is 11.6 Å². The molecule has 0 amide bonds. The SMILES string of the molecule is Cc1ccccc1-c1noc(-c2cccc(NC=C(C#N)c3nn[nH]n3)c2)n1. The molecule has 0 aliphatic rings. The van der Waals surface area contributed by atoms with Gasteiger partial charge in [0.05, 0.1) is 0 Å². The van der Waals surface area contributed by atoms with Crippen LogP contribution in [0.25, 0.3) is 28.4 Å². The summed E-state index contributed by atoms with van der Waals surface area (Å²) in [5.74, 6) is 1.16. The fourth-order valence-electron chi connectivity index (χ4n) is 2.59. The van der Waals surface area contributed by atoms with E-state index in [1.54, 1.807) is 0 Å². The molecule has 0 aliphatic carbocycles. The summed E-state index contributed by atoms with van der Waals surface area (Å²) in [4.78, 5) is 4.50. The quantitative estimate of drug-likeness (QED) is 0.512. The van der Waals surface area contributed by atoms with Crippen molar-refractivity contribution in [3.05, 3.63) is 66.1 Å². The molecule has 0 bridgehead atoms. The zero-order chi connectivity index (χ0) is 19.3. The molecule has 9 heteroatoms. The molecule has 2 N–H and O–H groups in total. The molecule has 4 rings (SSSR count). The van der Waals surface area contributed by atoms with Crippen LogP contribution in [-0.4, -0.2) is 30.8 Å². The number of hydrogen-bond donors (Lipinski definition) is 2. The van der Waals surface area contributed by atoms with Gasteiger partial charge >= 0.3 is 0 Å². The molecule has 136 valence electrons. The molecule has 4 aromatic rings. The van der Waals surface area contributed by atoms with E-state index in [4.69, 9.17) is 4.52 Å². The number of aromatic amines is 1. The molecule has 0 saturated heterocycles. The van der Waals surface area contributed by atoms with E-state index in [1.165, 1.54) is 6.20 Å². The van der Waals surface area contributed by atoms with E-state index in [2.05, 4.69) is 36.1 Å². The topological polar surface area (TPSA) is 129 Å². The minimum atomic E-state index is 0.214. The van der Waals surface area contributed by atoms with Gasteiger partial charge in [0.15, 0.2) is 0 Å². The van der Waals surface area contributed by atoms with Gasteiger partial charge in [0, 0.05) is 23.0 Å². The Hall–Kier alpha value is -4.32. The third-order valence-corrected chi connectivity index (χ3v) is 4.01. The number of nitriles is 1. The lowest BCUT2D eigenvalue weighted by Crippen LogP contribution is -1.93. The minimum absolute atomic E-state index is 0.214. The molecule has 0 unspecified atom stereocenters. The van der Waals surface area contributed by atoms with Gasteiger partial charge in [-0.05, 0) is 35.9 Å². The molecule has 0 saturated carbocycles. The average molecular weight is 370 g/mol. The number of aryl methyl sites for hydroxylation is 1. The van der Waals surface area contributed by atoms with E-state index in [-0.39, 0.29) is 11.4 Å². The molecule has 2 heterocycles. The smallest absolute Gasteiger partial charge is 0.258 e. The Morgan fingerprint density at radius 2 is 2.11 bits per heavy atom. The first-order chi connectivity index (χ1) is 13.7. The normalized spacial score (nSPS) is 11.2. The van der Waals surface area contributed by atoms with Crippen molar-refractivity contribution in [3.63, 3.8) is 0 Å². The molecule has 0 radical (unpaired) electrons. The minimum Gasteiger partial charge on any atom is -0.360 e. The number of H-pyrrole nitrogens is 1. The molecule has 28 heavy (non-hydrogen) atoms. The number of rotatable bonds is 5. The molecule has 0 aliphatic heterocycles. The molecule has 0 atom stereocenters. The van der Waals surface area contributed by atoms with Crippen molar-refractivity contribution in [1.29, 1.82) is 5.26 Å². The van der Waals surface area contributed by atoms with Gasteiger partial charge in [-0.25, -0.2) is 0 Å². The summed E-state index contributed by atoms with van der Waals surface area (Å²) in [6, 6.07) is 17.3. The maximum Gasteiger partial charge on any atom is 0.258 e. The van der Waals surface area contributed by atoms with Crippen LogP contribution in [0.2, 0.25) is 0 Å². The number of anilines is 1. The first-order valence-electron chi connectivity index (χ1n) is 8.35. The Bertz CT molecular complexity index is 1170. The highest BCUT2D eigenvalue weighted by atomic mass is 16.5. The maximum atomic E-state index is 9.23. The van der Waals surface area contributed by atoms with Crippen LogP contribution in [0.15, 0.2) is 59.3 Å². The fraction of sp³-hybridized carbons (Fsp3) is 0.0526. The largest absolute Gasteiger partial charge is 0.360 e. The van der Waals surface area contributed by atoms with Crippen LogP contribution < -0.4 is 5.32 Å². The zero-order valence-corrected chi connectivity index (χ0v) is 14.8. The Morgan fingerprint density at radius 3 is 2.89 bits per heavy atom. The van der Waals surface area contributed by atoms with Gasteiger partial charge in [-0.1, -0.05) is 35.5 Å². The highest BCUT2D eigenvalue weighted by molar-refractivity contribution is 5.74. The third-order valence-electron chi connectivity index (χ3n) is 4.01. The van der Waals surface area contributed by atoms with Crippen molar-refractivity contribution < 1.29 is 4.52 Å². The van der Waals surface area contributed by atoms with Gasteiger partial charge in [0.1, 0.15) is 11.6 Å². The molecule has 9 nitrogen and oxygen atoms in total. The Balaban J connectivity index is 1.58. The molecule has 0 spiro atoms. The summed E-state index contributed by atoms with van der Waals surface area (Å²) in [6.45, 7) is 2.00. The summed E-state index contributed by atoms with van der Waals surface area (Å²) in [5.41, 5.74) is 3.74. The highest BCUT2D eigenvalue weighted by Crippen LogP contribution is 2.26. The van der Waals surface area contributed by atoms with Crippen molar-refractivity contribution in [2.24, 2.45) is 0 Å². The fourth-order valence-corrected chi connectivity index (χ4v) is 2.59. The first-order valence-corrected chi connectivity index (χ1v) is 8.35. The number of nitrogens with zero attached hydrogens (tertiary/aromatic N) is 6. The van der Waals surface area contributed by atoms with Gasteiger partial charge in [-0.2, -0.15) is 15.5 Å². The van der Waals surface area contributed by atoms with Gasteiger partial charge in [-0.15, -0.1) is 10.2 Å². The summed E-state index contributed by atoms with van der Waals surface area (Å²) in [7, 11) is 0. The van der Waals surface area contributed by atoms with Crippen LogP contribution in [0.3, 0.4) is 0 Å². The van der Waals surface area contributed by atoms with Crippen molar-refractivity contribution in [2.75, 3.05) is 5.32 Å². The standard InChI is InChI=1S/C19H14N8O/c1-12-5-2-3-8-16(12)18-22-19(28-25-18)13-6-4-7-15(9-13)21-11-14(10-20)17-23-26-27-24-17/h2-9,11,21H,1H3,(H,23,24,26,27). The van der Waals surface area contributed by atoms with E-state index < -0.39 is 0 Å². The lowest BCUT2D eigenvalue weighted by Gasteiger charge is -2.02. The number of benzene rings is 2. The van der Waals surface area contributed by atoms with E-state index in [9.17, 15) is 5.26 Å². The third kappa shape index (κ3) is 3.47. The second-order valence-electron chi connectivity index (χ2n) is 5.87. The summed E-state index contributed by atoms with van der Waals surface area (Å²) in [6.07, 6.45) is 1.51. The van der Waals surface area contributed by atoms with Gasteiger partial charge in [-0.3, -0.25) is 0 Å². The van der Waals surface area contributed by atoms with Crippen molar-refractivity contribution in [1.82, 2.24) is 30.8 Å². The van der Waals surface area contributed by atoms with E-state index >= 15 is 0 Å². The number of allylic oxidation sites excluding steroid dienone is 1. The lowest BCUT2D eigenvalue weighted by atomic mass is 10.1. The Morgan fingerprint density at radius 1 is 1.21 bits per heavy atom. The van der Waals surface area contributed by atoms with Crippen LogP contribution >= 0.6 is 0 Å². The molecular formula is C19H14N8O. The van der Waals surface area contributed by atoms with Crippen LogP contribution in [0.5, 0.6) is 0 Å². The van der Waals surface area contributed by atoms with Gasteiger partial charge in [0.25, 0.3) is 5.89 Å². The lowest BCUT2D eigenvalue weighted by molar-refractivity contribution is 0.432. The summed E-state index contributed by atoms with van der Waals surface area (Å²) >= 11 is 0. The summed E-state index contributed by atoms with van der Waals surface area (Å²) in [5, 5.41) is 29.7. The van der Waals surface area contributed by atoms with Crippen LogP contribution in [0.4, 0.5) is 5.69 Å². The maximum absolute atomic E-state index is 9.23. The molecule has 2 aromatic heterocycles. The average Bonchev–Trinajstić information content (AvgIpc) is 3.42. The zero-order valence-electron chi connectivity index (χ0n) is 14.8. The van der Waals surface area contributed by atoms with Crippen LogP contribution in [0, 0.1) is 18.3 Å². The second kappa shape index (κ2) is 7.51. The van der Waals surface area contributed by atoms with E-state index in [0.29, 0.717) is 11.7 Å². The molecular weight excluding hydrogens is 356 g/mol. The van der Waals surface area contributed by atoms with E-state index in [0.717, 1.165) is 22.4 Å². The van der Waals surface area contributed by atoms with Crippen molar-refractivity contribution >= 4 is 11.3 Å². The number of hydrogen-bond acceptors (Lipinski definition) is 8. The number of nitrogens with one attached hydrogen (secondary N) is 2. The molecule has 2 aromatic carbocycles. The number of tetrazole rings is 1. The Labute approximate surface area is 159 Å². The Kier molecular flexibility index (Phi) is 4.59. The second-order valence-corrected chi connectivity index (χ2v) is 5.87. The predicted molar refractivity (Wildman–Crippen MR) is 101 cm³/mol. The van der Waals surface area contributed by atoms with E-state index in [1.807, 2.05) is 61.5 Å². The van der Waals surface area contributed by atoms with Crippen LogP contribution in [0.1, 0.15) is 11.4 Å². The van der Waals surface area contributed by atoms with Crippen molar-refractivity contribution in [3.8, 4) is 28.9 Å². The van der Waals surface area contributed by atoms with Crippen LogP contribution in [-0.2, 0) is 0 Å². The van der Waals surface area contributed by atoms with Crippen molar-refractivity contribution in [2.45, 2.75) is 6.92 Å².